The van der Waals surface area contributed by atoms with Gasteiger partial charge in [0.15, 0.2) is 0 Å². The first-order valence-electron chi connectivity index (χ1n) is 5.64. The highest BCUT2D eigenvalue weighted by atomic mass is 13.9. The van der Waals surface area contributed by atoms with E-state index >= 15 is 0 Å². The maximum absolute atomic E-state index is 2.17. The van der Waals surface area contributed by atoms with Crippen LogP contribution in [-0.2, 0) is 0 Å². The van der Waals surface area contributed by atoms with Gasteiger partial charge in [-0.1, -0.05) is 100 Å². The molecule has 0 saturated heterocycles. The van der Waals surface area contributed by atoms with Crippen molar-refractivity contribution in [2.75, 3.05) is 0 Å². The van der Waals surface area contributed by atoms with Crippen molar-refractivity contribution in [1.82, 2.24) is 0 Å². The van der Waals surface area contributed by atoms with Crippen molar-refractivity contribution in [1.29, 1.82) is 0 Å². The Morgan fingerprint density at radius 1 is 0.450 bits per heavy atom. The van der Waals surface area contributed by atoms with Crippen molar-refractivity contribution in [3.63, 3.8) is 0 Å². The molecule has 0 unspecified atom stereocenters. The molecule has 0 saturated carbocycles. The second kappa shape index (κ2) is 13.9. The summed E-state index contributed by atoms with van der Waals surface area (Å²) < 4.78 is 0. The molecule has 0 aliphatic carbocycles. The van der Waals surface area contributed by atoms with Gasteiger partial charge in [-0.3, -0.25) is 0 Å². The van der Waals surface area contributed by atoms with E-state index in [1.54, 1.807) is 0 Å². The smallest absolute Gasteiger partial charge is 0.0398 e. The van der Waals surface area contributed by atoms with Crippen LogP contribution in [0.1, 0.15) is 52.0 Å². The molecule has 116 valence electrons. The highest BCUT2D eigenvalue weighted by Gasteiger charge is 1.81. The summed E-state index contributed by atoms with van der Waals surface area (Å²) in [5, 5.41) is 0. The highest BCUT2D eigenvalue weighted by molar-refractivity contribution is 5.20. The predicted molar refractivity (Wildman–Crippen MR) is 98.8 cm³/mol. The zero-order valence-electron chi connectivity index (χ0n) is 10.6. The molecule has 2 aromatic rings. The number of hydrogen-bond donors (Lipinski definition) is 0. The summed E-state index contributed by atoms with van der Waals surface area (Å²) in [7, 11) is 0. The standard InChI is InChI=1S/2C8H10.4CH4/c1-7-3-5-8(2)6-4-7;1-7-4-3-5-8(2)6-7;;;;/h2*3-6H,1-2H3;4*1H4. The molecule has 0 heteroatoms. The molecule has 2 rings (SSSR count). The zero-order valence-corrected chi connectivity index (χ0v) is 10.6. The Balaban J connectivity index is -0.000000107. The van der Waals surface area contributed by atoms with E-state index in [0.29, 0.717) is 0 Å². The minimum atomic E-state index is 0. The third-order valence-corrected chi connectivity index (χ3v) is 2.39. The fourth-order valence-corrected chi connectivity index (χ4v) is 1.44. The topological polar surface area (TPSA) is 0 Å². The van der Waals surface area contributed by atoms with Gasteiger partial charge in [0.1, 0.15) is 0 Å². The third-order valence-electron chi connectivity index (χ3n) is 2.39. The van der Waals surface area contributed by atoms with E-state index in [-0.39, 0.29) is 29.7 Å². The Bertz CT molecular complexity index is 386. The lowest BCUT2D eigenvalue weighted by atomic mass is 10.2. The van der Waals surface area contributed by atoms with Crippen LogP contribution in [0, 0.1) is 27.7 Å². The molecule has 0 aliphatic rings. The van der Waals surface area contributed by atoms with Crippen molar-refractivity contribution in [3.8, 4) is 0 Å². The van der Waals surface area contributed by atoms with Crippen LogP contribution in [0.25, 0.3) is 0 Å². The van der Waals surface area contributed by atoms with Crippen LogP contribution in [0.4, 0.5) is 0 Å². The summed E-state index contributed by atoms with van der Waals surface area (Å²) in [6.07, 6.45) is 0. The lowest BCUT2D eigenvalue weighted by Crippen LogP contribution is -1.71. The van der Waals surface area contributed by atoms with Gasteiger partial charge in [-0.05, 0) is 27.7 Å². The molecule has 0 N–H and O–H groups in total. The van der Waals surface area contributed by atoms with Crippen LogP contribution in [0.15, 0.2) is 48.5 Å². The summed E-state index contributed by atoms with van der Waals surface area (Å²) in [4.78, 5) is 0. The molecule has 0 nitrogen and oxygen atoms in total. The molecule has 20 heavy (non-hydrogen) atoms. The Morgan fingerprint density at radius 2 is 0.750 bits per heavy atom. The van der Waals surface area contributed by atoms with E-state index in [1.165, 1.54) is 22.3 Å². The van der Waals surface area contributed by atoms with Crippen LogP contribution in [0.3, 0.4) is 0 Å². The maximum atomic E-state index is 2.17. The van der Waals surface area contributed by atoms with Gasteiger partial charge in [0.25, 0.3) is 0 Å². The van der Waals surface area contributed by atoms with E-state index in [9.17, 15) is 0 Å². The molecule has 0 amide bonds. The van der Waals surface area contributed by atoms with E-state index in [4.69, 9.17) is 0 Å². The van der Waals surface area contributed by atoms with E-state index in [0.717, 1.165) is 0 Å². The average molecular weight is 277 g/mol. The van der Waals surface area contributed by atoms with Crippen molar-refractivity contribution in [2.45, 2.75) is 57.4 Å². The summed E-state index contributed by atoms with van der Waals surface area (Å²) >= 11 is 0. The Morgan fingerprint density at radius 3 is 0.950 bits per heavy atom. The summed E-state index contributed by atoms with van der Waals surface area (Å²) in [5.41, 5.74) is 5.33. The molecule has 0 fully saturated rings. The van der Waals surface area contributed by atoms with Gasteiger partial charge in [-0.25, -0.2) is 0 Å². The first-order valence-corrected chi connectivity index (χ1v) is 5.64. The molecular weight excluding hydrogens is 240 g/mol. The van der Waals surface area contributed by atoms with E-state index in [2.05, 4.69) is 76.2 Å². The predicted octanol–water partition coefficient (Wildman–Crippen LogP) is 7.15. The fourth-order valence-electron chi connectivity index (χ4n) is 1.44. The summed E-state index contributed by atoms with van der Waals surface area (Å²) in [6, 6.07) is 16.9. The Hall–Kier alpha value is -1.56. The highest BCUT2D eigenvalue weighted by Crippen LogP contribution is 2.00. The fraction of sp³-hybridized carbons (Fsp3) is 0.400. The molecule has 0 heterocycles. The van der Waals surface area contributed by atoms with Gasteiger partial charge >= 0.3 is 0 Å². The van der Waals surface area contributed by atoms with Crippen LogP contribution >= 0.6 is 0 Å². The van der Waals surface area contributed by atoms with Crippen LogP contribution in [-0.4, -0.2) is 0 Å². The van der Waals surface area contributed by atoms with Crippen LogP contribution in [0.2, 0.25) is 0 Å². The lowest BCUT2D eigenvalue weighted by molar-refractivity contribution is 1.39. The summed E-state index contributed by atoms with van der Waals surface area (Å²) in [6.45, 7) is 8.40. The van der Waals surface area contributed by atoms with Crippen molar-refractivity contribution in [2.24, 2.45) is 0 Å². The van der Waals surface area contributed by atoms with Crippen LogP contribution < -0.4 is 0 Å². The monoisotopic (exact) mass is 276 g/mol. The second-order valence-electron chi connectivity index (χ2n) is 4.31. The van der Waals surface area contributed by atoms with Gasteiger partial charge in [0.2, 0.25) is 0 Å². The normalized spacial score (nSPS) is 7.40. The van der Waals surface area contributed by atoms with Crippen molar-refractivity contribution < 1.29 is 0 Å². The first kappa shape index (κ1) is 26.9. The van der Waals surface area contributed by atoms with Gasteiger partial charge < -0.3 is 0 Å². The van der Waals surface area contributed by atoms with Gasteiger partial charge in [0, 0.05) is 0 Å². The molecule has 0 radical (unpaired) electrons. The molecule has 0 bridgehead atoms. The van der Waals surface area contributed by atoms with Crippen molar-refractivity contribution >= 4 is 0 Å². The minimum Gasteiger partial charge on any atom is -0.0776 e. The third kappa shape index (κ3) is 11.5. The largest absolute Gasteiger partial charge is 0.0776 e. The lowest BCUT2D eigenvalue weighted by Gasteiger charge is -1.90. The SMILES string of the molecule is C.C.C.C.Cc1ccc(C)cc1.Cc1cccc(C)c1. The average Bonchev–Trinajstić information content (AvgIpc) is 2.23. The second-order valence-corrected chi connectivity index (χ2v) is 4.31. The number of rotatable bonds is 0. The molecule has 0 aromatic heterocycles. The molecule has 0 spiro atoms. The van der Waals surface area contributed by atoms with Gasteiger partial charge in [-0.2, -0.15) is 0 Å². The summed E-state index contributed by atoms with van der Waals surface area (Å²) in [5.74, 6) is 0. The molecule has 0 aliphatic heterocycles. The van der Waals surface area contributed by atoms with Gasteiger partial charge in [0.05, 0.1) is 0 Å². The Labute approximate surface area is 128 Å². The van der Waals surface area contributed by atoms with Crippen LogP contribution in [0.5, 0.6) is 0 Å². The maximum Gasteiger partial charge on any atom is -0.0398 e. The van der Waals surface area contributed by atoms with Gasteiger partial charge in [-0.15, -0.1) is 0 Å². The van der Waals surface area contributed by atoms with E-state index < -0.39 is 0 Å². The zero-order chi connectivity index (χ0) is 12.0. The number of aryl methyl sites for hydroxylation is 4. The minimum absolute atomic E-state index is 0. The molecule has 2 aromatic carbocycles. The van der Waals surface area contributed by atoms with E-state index in [1.807, 2.05) is 0 Å². The quantitative estimate of drug-likeness (QED) is 0.479. The Kier molecular flexibility index (Phi) is 18.6. The van der Waals surface area contributed by atoms with Crippen molar-refractivity contribution in [3.05, 3.63) is 70.8 Å². The first-order chi connectivity index (χ1) is 7.58. The molecule has 0 atom stereocenters. The number of benzene rings is 2. The number of hydrogen-bond acceptors (Lipinski definition) is 0. The molecular formula is C20H36.